The molecule has 60 heavy (non-hydrogen) atoms. The molecule has 19 nitrogen and oxygen atoms in total. The summed E-state index contributed by atoms with van der Waals surface area (Å²) < 4.78 is 58.9. The third kappa shape index (κ3) is 10.9. The van der Waals surface area contributed by atoms with Gasteiger partial charge in [-0.1, -0.05) is 77.9 Å². The molecule has 0 unspecified atom stereocenters. The molecule has 0 aliphatic heterocycles. The number of aromatic amines is 1. The number of hydrogen-bond donors (Lipinski definition) is 2. The van der Waals surface area contributed by atoms with E-state index in [0.29, 0.717) is 28.2 Å². The van der Waals surface area contributed by atoms with Crippen molar-refractivity contribution in [3.63, 3.8) is 0 Å². The second-order valence-corrected chi connectivity index (χ2v) is 14.8. The van der Waals surface area contributed by atoms with Crippen molar-refractivity contribution in [2.75, 3.05) is 0 Å². The number of non-ortho nitro benzene ring substituents is 1. The molecular weight excluding hydrogens is 883 g/mol. The summed E-state index contributed by atoms with van der Waals surface area (Å²) in [6.45, 7) is 1.63. The van der Waals surface area contributed by atoms with Crippen LogP contribution < -0.4 is 85.1 Å². The standard InChI is InChI=1S/C20H13N3O7S.C16H15N5O4S.Cr.2Na/c24-16-8-5-11-3-1-2-4-13(11)19(16)21-22-20-14-7-6-12(23(26)27)9-15(14)18(10-17(20)25)31(28,29)30;1-10-15(16(23)21(20-10)11-5-3-2-4-6-11)19-18-13-9-12(26(17,24)25)7-8-14(13)22;;;/h1-10,24-25H,(H,28,29,30);2-9,20,22H,1H3,(H2,17,24,25);;;/q;;+3;2*+1/p-4. The summed E-state index contributed by atoms with van der Waals surface area (Å²) in [6, 6.07) is 25.3. The van der Waals surface area contributed by atoms with Gasteiger partial charge in [0.25, 0.3) is 11.2 Å². The Bertz CT molecular complexity index is 3100. The molecule has 0 saturated heterocycles. The van der Waals surface area contributed by atoms with Crippen LogP contribution >= 0.6 is 0 Å². The summed E-state index contributed by atoms with van der Waals surface area (Å²) in [6.07, 6.45) is 0. The van der Waals surface area contributed by atoms with Gasteiger partial charge < -0.3 is 19.9 Å². The Labute approximate surface area is 395 Å². The number of rotatable bonds is 8. The number of nitro groups is 1. The van der Waals surface area contributed by atoms with Crippen molar-refractivity contribution in [3.05, 3.63) is 135 Å². The number of para-hydroxylation sites is 1. The number of aryl methyl sites for hydroxylation is 1. The van der Waals surface area contributed by atoms with Crippen molar-refractivity contribution in [1.29, 1.82) is 0 Å². The maximum Gasteiger partial charge on any atom is 3.00 e. The maximum atomic E-state index is 12.5. The summed E-state index contributed by atoms with van der Waals surface area (Å²) in [5.74, 6) is -1.93. The number of sulfonamides is 1. The average Bonchev–Trinajstić information content (AvgIpc) is 3.45. The minimum absolute atomic E-state index is 0. The number of nitrogens with zero attached hydrogens (tertiary/aromatic N) is 6. The zero-order chi connectivity index (χ0) is 41.2. The predicted molar refractivity (Wildman–Crippen MR) is 198 cm³/mol. The second-order valence-electron chi connectivity index (χ2n) is 11.9. The van der Waals surface area contributed by atoms with Gasteiger partial charge in [0.2, 0.25) is 10.0 Å². The van der Waals surface area contributed by atoms with Gasteiger partial charge >= 0.3 is 76.5 Å². The SMILES string of the molecule is Cc1[nH]n(-c2ccccc2)c(=O)c1N=Nc1cc(S(N)(=O)=O)ccc1[O-].O=[N+]([O-])c1ccc2c(N=Nc3c([O-])ccc4ccccc34)c([O-])cc(S(=O)(=O)[O-])c2c1.[Cr+3].[Na+].[Na+]. The van der Waals surface area contributed by atoms with E-state index in [1.54, 1.807) is 61.5 Å². The predicted octanol–water partition coefficient (Wildman–Crippen LogP) is -1.02. The maximum absolute atomic E-state index is 12.5. The van der Waals surface area contributed by atoms with Crippen LogP contribution in [0.2, 0.25) is 0 Å². The monoisotopic (exact) mass is 906 g/mol. The number of nitrogens with two attached hydrogens (primary N) is 1. The molecule has 6 aromatic carbocycles. The topological polar surface area (TPSA) is 317 Å². The summed E-state index contributed by atoms with van der Waals surface area (Å²) in [5, 5.41) is 71.7. The van der Waals surface area contributed by atoms with E-state index in [0.717, 1.165) is 36.4 Å². The Hall–Kier alpha value is -4.80. The molecule has 0 saturated carbocycles. The Kier molecular flexibility index (Phi) is 16.7. The zero-order valence-corrected chi connectivity index (χ0v) is 38.3. The molecular formula is C36H24CrN8Na2O11S2+. The van der Waals surface area contributed by atoms with E-state index in [1.165, 1.54) is 10.7 Å². The minimum atomic E-state index is -5.11. The van der Waals surface area contributed by atoms with Gasteiger partial charge in [-0.05, 0) is 48.7 Å². The molecule has 0 atom stereocenters. The smallest absolute Gasteiger partial charge is 0.871 e. The van der Waals surface area contributed by atoms with Crippen LogP contribution in [0.3, 0.4) is 0 Å². The number of nitrogens with one attached hydrogen (secondary N) is 1. The third-order valence-electron chi connectivity index (χ3n) is 8.18. The number of primary sulfonamides is 1. The number of nitro benzene ring substituents is 1. The summed E-state index contributed by atoms with van der Waals surface area (Å²) in [4.78, 5) is 21.6. The normalized spacial score (nSPS) is 11.4. The van der Waals surface area contributed by atoms with E-state index in [-0.39, 0.29) is 115 Å². The molecule has 0 spiro atoms. The van der Waals surface area contributed by atoms with Crippen LogP contribution in [-0.4, -0.2) is 36.1 Å². The van der Waals surface area contributed by atoms with Crippen molar-refractivity contribution >= 4 is 70.1 Å². The molecule has 24 heteroatoms. The van der Waals surface area contributed by atoms with Crippen molar-refractivity contribution in [3.8, 4) is 22.9 Å². The Balaban J connectivity index is 0.000000309. The molecule has 0 amide bonds. The van der Waals surface area contributed by atoms with Crippen LogP contribution in [0.25, 0.3) is 27.2 Å². The fourth-order valence-corrected chi connectivity index (χ4v) is 6.70. The molecule has 7 rings (SSSR count). The second kappa shape index (κ2) is 20.2. The van der Waals surface area contributed by atoms with Gasteiger partial charge in [0, 0.05) is 28.3 Å². The summed E-state index contributed by atoms with van der Waals surface area (Å²) in [5.41, 5.74) is -0.488. The van der Waals surface area contributed by atoms with Crippen LogP contribution in [0.1, 0.15) is 5.69 Å². The first kappa shape index (κ1) is 49.6. The summed E-state index contributed by atoms with van der Waals surface area (Å²) in [7, 11) is -9.09. The molecule has 293 valence electrons. The van der Waals surface area contributed by atoms with Gasteiger partial charge in [0.15, 0.2) is 5.69 Å². The molecule has 0 aliphatic carbocycles. The first-order valence-electron chi connectivity index (χ1n) is 16.0. The molecule has 1 heterocycles. The van der Waals surface area contributed by atoms with E-state index < -0.39 is 58.5 Å². The van der Waals surface area contributed by atoms with Gasteiger partial charge in [0.1, 0.15) is 10.1 Å². The molecule has 0 fully saturated rings. The molecule has 1 aromatic heterocycles. The van der Waals surface area contributed by atoms with E-state index >= 15 is 0 Å². The fourth-order valence-electron chi connectivity index (χ4n) is 5.47. The van der Waals surface area contributed by atoms with E-state index in [2.05, 4.69) is 25.6 Å². The van der Waals surface area contributed by atoms with Gasteiger partial charge in [-0.3, -0.25) is 20.0 Å². The fraction of sp³-hybridized carbons (Fsp3) is 0.0278. The van der Waals surface area contributed by atoms with Crippen LogP contribution in [0.5, 0.6) is 17.2 Å². The molecule has 7 aromatic rings. The van der Waals surface area contributed by atoms with Crippen LogP contribution in [-0.2, 0) is 37.5 Å². The van der Waals surface area contributed by atoms with Crippen LogP contribution in [0.15, 0.2) is 144 Å². The number of azo groups is 2. The van der Waals surface area contributed by atoms with E-state index in [1.807, 2.05) is 6.07 Å². The number of fused-ring (bicyclic) bond motifs is 2. The number of H-pyrrole nitrogens is 1. The van der Waals surface area contributed by atoms with E-state index in [4.69, 9.17) is 5.14 Å². The summed E-state index contributed by atoms with van der Waals surface area (Å²) >= 11 is 0. The van der Waals surface area contributed by atoms with Gasteiger partial charge in [0.05, 0.1) is 43.2 Å². The molecule has 1 radical (unpaired) electrons. The largest absolute Gasteiger partial charge is 3.00 e. The molecule has 3 N–H and O–H groups in total. The average molecular weight is 907 g/mol. The van der Waals surface area contributed by atoms with Crippen molar-refractivity contribution < 1.29 is 118 Å². The van der Waals surface area contributed by atoms with E-state index in [9.17, 15) is 51.6 Å². The number of hydrogen-bond acceptors (Lipinski definition) is 15. The first-order valence-corrected chi connectivity index (χ1v) is 19.0. The Morgan fingerprint density at radius 1 is 0.683 bits per heavy atom. The van der Waals surface area contributed by atoms with Crippen LogP contribution in [0, 0.1) is 17.0 Å². The van der Waals surface area contributed by atoms with Crippen molar-refractivity contribution in [2.24, 2.45) is 25.6 Å². The van der Waals surface area contributed by atoms with Crippen molar-refractivity contribution in [1.82, 2.24) is 9.78 Å². The van der Waals surface area contributed by atoms with Crippen molar-refractivity contribution in [2.45, 2.75) is 16.7 Å². The third-order valence-corrected chi connectivity index (χ3v) is 9.97. The number of aromatic nitrogens is 2. The quantitative estimate of drug-likeness (QED) is 0.0612. The first-order chi connectivity index (χ1) is 26.9. The minimum Gasteiger partial charge on any atom is -0.871 e. The van der Waals surface area contributed by atoms with Crippen LogP contribution in [0.4, 0.5) is 28.4 Å². The molecule has 0 bridgehead atoms. The Morgan fingerprint density at radius 2 is 1.28 bits per heavy atom. The van der Waals surface area contributed by atoms with Gasteiger partial charge in [-0.15, -0.1) is 5.11 Å². The Morgan fingerprint density at radius 3 is 1.92 bits per heavy atom. The zero-order valence-electron chi connectivity index (χ0n) is 31.4. The van der Waals surface area contributed by atoms with Gasteiger partial charge in [-0.25, -0.2) is 26.7 Å². The number of benzene rings is 6. The van der Waals surface area contributed by atoms with Gasteiger partial charge in [-0.2, -0.15) is 15.3 Å². The molecule has 0 aliphatic rings.